The molecule has 0 saturated heterocycles. The van der Waals surface area contributed by atoms with Crippen LogP contribution in [0.5, 0.6) is 5.75 Å². The van der Waals surface area contributed by atoms with E-state index in [0.717, 1.165) is 51.3 Å². The summed E-state index contributed by atoms with van der Waals surface area (Å²) in [5.74, 6) is 1.06. The quantitative estimate of drug-likeness (QED) is 0.369. The molecule has 0 saturated carbocycles. The van der Waals surface area contributed by atoms with Crippen LogP contribution in [-0.2, 0) is 12.8 Å². The van der Waals surface area contributed by atoms with Crippen molar-refractivity contribution in [2.24, 2.45) is 0 Å². The molecule has 5 nitrogen and oxygen atoms in total. The third-order valence-corrected chi connectivity index (χ3v) is 5.48. The molecule has 4 rings (SSSR count). The van der Waals surface area contributed by atoms with E-state index in [1.807, 2.05) is 60.8 Å². The number of benzene rings is 2. The van der Waals surface area contributed by atoms with Gasteiger partial charge in [0, 0.05) is 33.9 Å². The fraction of sp³-hybridized carbons (Fsp3) is 0.160. The Morgan fingerprint density at radius 2 is 1.52 bits per heavy atom. The van der Waals surface area contributed by atoms with Crippen molar-refractivity contribution in [3.63, 3.8) is 0 Å². The van der Waals surface area contributed by atoms with E-state index in [1.165, 1.54) is 5.56 Å². The van der Waals surface area contributed by atoms with Crippen molar-refractivity contribution in [1.82, 2.24) is 15.0 Å². The molecule has 0 aliphatic rings. The summed E-state index contributed by atoms with van der Waals surface area (Å²) in [6.45, 7) is 2.70. The number of nitrogens with two attached hydrogens (primary N) is 1. The van der Waals surface area contributed by atoms with Crippen LogP contribution in [0, 0.1) is 0 Å². The van der Waals surface area contributed by atoms with Gasteiger partial charge in [0.2, 0.25) is 5.95 Å². The molecule has 156 valence electrons. The monoisotopic (exact) mass is 474 g/mol. The number of hydrogen-bond acceptors (Lipinski definition) is 5. The average molecular weight is 475 g/mol. The fourth-order valence-electron chi connectivity index (χ4n) is 3.19. The minimum absolute atomic E-state index is 0.248. The van der Waals surface area contributed by atoms with E-state index < -0.39 is 0 Å². The zero-order chi connectivity index (χ0) is 21.6. The maximum Gasteiger partial charge on any atom is 0.221 e. The highest BCUT2D eigenvalue weighted by Crippen LogP contribution is 2.27. The Labute approximate surface area is 190 Å². The van der Waals surface area contributed by atoms with Gasteiger partial charge in [0.05, 0.1) is 18.0 Å². The number of rotatable bonds is 7. The molecule has 2 aromatic carbocycles. The Balaban J connectivity index is 1.43. The molecule has 0 aliphatic carbocycles. The Morgan fingerprint density at radius 1 is 0.871 bits per heavy atom. The molecule has 4 aromatic rings. The molecule has 0 fully saturated rings. The van der Waals surface area contributed by atoms with E-state index in [4.69, 9.17) is 10.5 Å². The second-order valence-corrected chi connectivity index (χ2v) is 8.05. The van der Waals surface area contributed by atoms with E-state index in [1.54, 1.807) is 0 Å². The van der Waals surface area contributed by atoms with Gasteiger partial charge in [0.25, 0.3) is 0 Å². The summed E-state index contributed by atoms with van der Waals surface area (Å²) in [5.41, 5.74) is 11.8. The predicted octanol–water partition coefficient (Wildman–Crippen LogP) is 5.73. The van der Waals surface area contributed by atoms with Gasteiger partial charge >= 0.3 is 0 Å². The van der Waals surface area contributed by atoms with Crippen LogP contribution in [0.2, 0.25) is 0 Å². The van der Waals surface area contributed by atoms with Crippen molar-refractivity contribution in [2.75, 3.05) is 12.3 Å². The van der Waals surface area contributed by atoms with Crippen LogP contribution in [0.25, 0.3) is 22.5 Å². The smallest absolute Gasteiger partial charge is 0.221 e. The highest BCUT2D eigenvalue weighted by Gasteiger charge is 2.08. The van der Waals surface area contributed by atoms with Crippen LogP contribution in [0.3, 0.4) is 0 Å². The highest BCUT2D eigenvalue weighted by atomic mass is 79.9. The number of halogens is 1. The van der Waals surface area contributed by atoms with Gasteiger partial charge in [0.15, 0.2) is 0 Å². The van der Waals surface area contributed by atoms with Crippen LogP contribution in [0.1, 0.15) is 18.2 Å². The van der Waals surface area contributed by atoms with E-state index in [-0.39, 0.29) is 5.95 Å². The summed E-state index contributed by atoms with van der Waals surface area (Å²) in [5, 5.41) is 0. The summed E-state index contributed by atoms with van der Waals surface area (Å²) in [4.78, 5) is 13.3. The van der Waals surface area contributed by atoms with Gasteiger partial charge in [-0.25, -0.2) is 9.97 Å². The number of pyridine rings is 1. The van der Waals surface area contributed by atoms with Gasteiger partial charge in [-0.3, -0.25) is 4.98 Å². The number of anilines is 1. The molecule has 6 heteroatoms. The maximum absolute atomic E-state index is 5.97. The van der Waals surface area contributed by atoms with E-state index in [2.05, 4.69) is 49.9 Å². The summed E-state index contributed by atoms with van der Waals surface area (Å²) >= 11 is 3.45. The summed E-state index contributed by atoms with van der Waals surface area (Å²) in [6, 6.07) is 21.9. The van der Waals surface area contributed by atoms with Gasteiger partial charge in [0.1, 0.15) is 5.75 Å². The first-order chi connectivity index (χ1) is 15.1. The third kappa shape index (κ3) is 5.47. The lowest BCUT2D eigenvalue weighted by Crippen LogP contribution is -2.03. The normalized spacial score (nSPS) is 10.8. The van der Waals surface area contributed by atoms with Crippen molar-refractivity contribution < 1.29 is 4.74 Å². The predicted molar refractivity (Wildman–Crippen MR) is 128 cm³/mol. The van der Waals surface area contributed by atoms with Gasteiger partial charge in [-0.15, -0.1) is 0 Å². The van der Waals surface area contributed by atoms with Gasteiger partial charge in [-0.05, 0) is 60.5 Å². The SMILES string of the molecule is CCc1ccc(CCOc2ccc(-c3cc(-c4ccc(Br)cc4)nc(N)n3)cc2)nc1. The Hall–Kier alpha value is -3.25. The summed E-state index contributed by atoms with van der Waals surface area (Å²) < 4.78 is 6.90. The second kappa shape index (κ2) is 9.71. The number of ether oxygens (including phenoxy) is 1. The number of aryl methyl sites for hydroxylation is 1. The molecule has 0 radical (unpaired) electrons. The first kappa shape index (κ1) is 21.0. The minimum Gasteiger partial charge on any atom is -0.493 e. The lowest BCUT2D eigenvalue weighted by atomic mass is 10.1. The third-order valence-electron chi connectivity index (χ3n) is 4.95. The van der Waals surface area contributed by atoms with Crippen LogP contribution in [-0.4, -0.2) is 21.6 Å². The number of aromatic nitrogens is 3. The molecule has 31 heavy (non-hydrogen) atoms. The maximum atomic E-state index is 5.97. The molecule has 2 heterocycles. The molecular weight excluding hydrogens is 452 g/mol. The van der Waals surface area contributed by atoms with E-state index in [9.17, 15) is 0 Å². The molecule has 0 unspecified atom stereocenters. The van der Waals surface area contributed by atoms with Crippen molar-refractivity contribution in [1.29, 1.82) is 0 Å². The zero-order valence-corrected chi connectivity index (χ0v) is 18.8. The Kier molecular flexibility index (Phi) is 6.57. The fourth-order valence-corrected chi connectivity index (χ4v) is 3.45. The largest absolute Gasteiger partial charge is 0.493 e. The van der Waals surface area contributed by atoms with Gasteiger partial charge in [-0.1, -0.05) is 41.1 Å². The number of nitrogen functional groups attached to an aromatic ring is 1. The standard InChI is InChI=1S/C25H23BrN4O/c1-2-17-3-10-21(28-16-17)13-14-31-22-11-6-19(7-12-22)24-15-23(29-25(27)30-24)18-4-8-20(26)9-5-18/h3-12,15-16H,2,13-14H2,1H3,(H2,27,29,30). The van der Waals surface area contributed by atoms with Crippen molar-refractivity contribution in [3.8, 4) is 28.3 Å². The Bertz CT molecular complexity index is 1140. The van der Waals surface area contributed by atoms with Gasteiger partial charge < -0.3 is 10.5 Å². The lowest BCUT2D eigenvalue weighted by molar-refractivity contribution is 0.320. The molecule has 2 N–H and O–H groups in total. The summed E-state index contributed by atoms with van der Waals surface area (Å²) in [6.07, 6.45) is 3.70. The molecule has 0 atom stereocenters. The van der Waals surface area contributed by atoms with Crippen molar-refractivity contribution in [3.05, 3.63) is 88.7 Å². The van der Waals surface area contributed by atoms with Crippen LogP contribution < -0.4 is 10.5 Å². The lowest BCUT2D eigenvalue weighted by Gasteiger charge is -2.09. The first-order valence-corrected chi connectivity index (χ1v) is 11.0. The molecule has 0 aliphatic heterocycles. The second-order valence-electron chi connectivity index (χ2n) is 7.14. The summed E-state index contributed by atoms with van der Waals surface area (Å²) in [7, 11) is 0. The van der Waals surface area contributed by atoms with Crippen LogP contribution >= 0.6 is 15.9 Å². The van der Waals surface area contributed by atoms with Crippen molar-refractivity contribution >= 4 is 21.9 Å². The van der Waals surface area contributed by atoms with Crippen LogP contribution in [0.4, 0.5) is 5.95 Å². The minimum atomic E-state index is 0.248. The molecule has 2 aromatic heterocycles. The number of nitrogens with zero attached hydrogens (tertiary/aromatic N) is 3. The highest BCUT2D eigenvalue weighted by molar-refractivity contribution is 9.10. The topological polar surface area (TPSA) is 73.9 Å². The molecule has 0 bridgehead atoms. The Morgan fingerprint density at radius 3 is 2.10 bits per heavy atom. The molecule has 0 spiro atoms. The van der Waals surface area contributed by atoms with Crippen molar-refractivity contribution in [2.45, 2.75) is 19.8 Å². The molecular formula is C25H23BrN4O. The first-order valence-electron chi connectivity index (χ1n) is 10.2. The van der Waals surface area contributed by atoms with Crippen LogP contribution in [0.15, 0.2) is 77.4 Å². The zero-order valence-electron chi connectivity index (χ0n) is 17.3. The number of hydrogen-bond donors (Lipinski definition) is 1. The molecule has 0 amide bonds. The average Bonchev–Trinajstić information content (AvgIpc) is 2.80. The van der Waals surface area contributed by atoms with E-state index >= 15 is 0 Å². The van der Waals surface area contributed by atoms with E-state index in [0.29, 0.717) is 6.61 Å². The van der Waals surface area contributed by atoms with Gasteiger partial charge in [-0.2, -0.15) is 0 Å².